The van der Waals surface area contributed by atoms with E-state index < -0.39 is 11.8 Å². The molecule has 1 fully saturated rings. The number of anilines is 1. The Bertz CT molecular complexity index is 846. The molecule has 136 valence electrons. The minimum absolute atomic E-state index is 0.0406. The molecule has 2 amide bonds. The SMILES string of the molecule is CCCN1c2ccc(C=C3C(=O)NC(=S)NC3=O)cc2C(C)=CC1(C)C. The second kappa shape index (κ2) is 6.68. The summed E-state index contributed by atoms with van der Waals surface area (Å²) in [6.07, 6.45) is 4.92. The molecule has 1 aromatic carbocycles. The van der Waals surface area contributed by atoms with Gasteiger partial charge in [0.1, 0.15) is 5.57 Å². The minimum atomic E-state index is -0.475. The van der Waals surface area contributed by atoms with Gasteiger partial charge >= 0.3 is 0 Å². The van der Waals surface area contributed by atoms with Crippen LogP contribution in [0.15, 0.2) is 29.8 Å². The fourth-order valence-electron chi connectivity index (χ4n) is 3.60. The summed E-state index contributed by atoms with van der Waals surface area (Å²) in [6.45, 7) is 9.66. The average molecular weight is 369 g/mol. The van der Waals surface area contributed by atoms with E-state index in [-0.39, 0.29) is 16.2 Å². The highest BCUT2D eigenvalue weighted by Gasteiger charge is 2.31. The highest BCUT2D eigenvalue weighted by molar-refractivity contribution is 7.80. The van der Waals surface area contributed by atoms with Crippen LogP contribution in [0.5, 0.6) is 0 Å². The number of carbonyl (C=O) groups excluding carboxylic acids is 2. The molecule has 0 bridgehead atoms. The third kappa shape index (κ3) is 3.29. The van der Waals surface area contributed by atoms with Gasteiger partial charge in [-0.1, -0.05) is 19.1 Å². The van der Waals surface area contributed by atoms with Crippen LogP contribution < -0.4 is 15.5 Å². The molecule has 2 N–H and O–H groups in total. The van der Waals surface area contributed by atoms with Gasteiger partial charge in [0.15, 0.2) is 5.11 Å². The van der Waals surface area contributed by atoms with Crippen LogP contribution in [-0.2, 0) is 9.59 Å². The van der Waals surface area contributed by atoms with E-state index in [0.29, 0.717) is 0 Å². The van der Waals surface area contributed by atoms with Crippen molar-refractivity contribution in [3.8, 4) is 0 Å². The predicted octanol–water partition coefficient (Wildman–Crippen LogP) is 3.01. The largest absolute Gasteiger partial charge is 0.362 e. The maximum Gasteiger partial charge on any atom is 0.263 e. The van der Waals surface area contributed by atoms with E-state index in [1.165, 1.54) is 11.3 Å². The summed E-state index contributed by atoms with van der Waals surface area (Å²) in [6, 6.07) is 6.04. The van der Waals surface area contributed by atoms with E-state index in [1.54, 1.807) is 6.08 Å². The quantitative estimate of drug-likeness (QED) is 0.488. The number of carbonyl (C=O) groups is 2. The number of hydrogen-bond donors (Lipinski definition) is 2. The Balaban J connectivity index is 2.03. The summed E-state index contributed by atoms with van der Waals surface area (Å²) in [7, 11) is 0. The summed E-state index contributed by atoms with van der Waals surface area (Å²) in [5.74, 6) is -0.949. The van der Waals surface area contributed by atoms with Gasteiger partial charge in [-0.15, -0.1) is 0 Å². The molecule has 5 nitrogen and oxygen atoms in total. The number of rotatable bonds is 3. The molecule has 3 rings (SSSR count). The van der Waals surface area contributed by atoms with Gasteiger partial charge in [0.05, 0.1) is 5.54 Å². The van der Waals surface area contributed by atoms with E-state index in [1.807, 2.05) is 12.1 Å². The van der Waals surface area contributed by atoms with Crippen molar-refractivity contribution >= 4 is 46.5 Å². The van der Waals surface area contributed by atoms with Crippen molar-refractivity contribution in [1.29, 1.82) is 0 Å². The first-order valence-corrected chi connectivity index (χ1v) is 9.13. The van der Waals surface area contributed by atoms with Gasteiger partial charge in [0.2, 0.25) is 0 Å². The topological polar surface area (TPSA) is 61.4 Å². The lowest BCUT2D eigenvalue weighted by molar-refractivity contribution is -0.123. The molecule has 0 saturated carbocycles. The molecular weight excluding hydrogens is 346 g/mol. The normalized spacial score (nSPS) is 18.8. The van der Waals surface area contributed by atoms with Gasteiger partial charge in [-0.05, 0) is 68.8 Å². The molecule has 2 aliphatic heterocycles. The van der Waals surface area contributed by atoms with Gasteiger partial charge in [-0.25, -0.2) is 0 Å². The lowest BCUT2D eigenvalue weighted by Crippen LogP contribution is -2.51. The number of allylic oxidation sites excluding steroid dienone is 1. The second-order valence-corrected chi connectivity index (χ2v) is 7.61. The number of benzene rings is 1. The standard InChI is InChI=1S/C20H23N3O2S/c1-5-8-23-16-7-6-13(9-14(16)12(2)11-20(23,3)4)10-15-17(24)21-19(26)22-18(15)25/h6-7,9-11H,5,8H2,1-4H3,(H2,21,22,24,25,26). The highest BCUT2D eigenvalue weighted by Crippen LogP contribution is 2.39. The molecule has 0 atom stereocenters. The second-order valence-electron chi connectivity index (χ2n) is 7.20. The van der Waals surface area contributed by atoms with Crippen molar-refractivity contribution in [2.75, 3.05) is 11.4 Å². The van der Waals surface area contributed by atoms with Crippen LogP contribution in [0.1, 0.15) is 45.2 Å². The zero-order valence-electron chi connectivity index (χ0n) is 15.5. The fourth-order valence-corrected chi connectivity index (χ4v) is 3.78. The van der Waals surface area contributed by atoms with Gasteiger partial charge in [0.25, 0.3) is 11.8 Å². The van der Waals surface area contributed by atoms with E-state index in [2.05, 4.69) is 55.4 Å². The van der Waals surface area contributed by atoms with Gasteiger partial charge in [-0.2, -0.15) is 0 Å². The Labute approximate surface area is 159 Å². The lowest BCUT2D eigenvalue weighted by atomic mass is 9.87. The van der Waals surface area contributed by atoms with Gasteiger partial charge in [-0.3, -0.25) is 20.2 Å². The zero-order valence-corrected chi connectivity index (χ0v) is 16.3. The van der Waals surface area contributed by atoms with E-state index >= 15 is 0 Å². The van der Waals surface area contributed by atoms with E-state index in [4.69, 9.17) is 12.2 Å². The summed E-state index contributed by atoms with van der Waals surface area (Å²) in [4.78, 5) is 26.5. The van der Waals surface area contributed by atoms with Crippen molar-refractivity contribution in [2.24, 2.45) is 0 Å². The molecule has 1 saturated heterocycles. The first kappa shape index (κ1) is 18.3. The number of fused-ring (bicyclic) bond motifs is 1. The van der Waals surface area contributed by atoms with Crippen LogP contribution in [-0.4, -0.2) is 29.0 Å². The maximum absolute atomic E-state index is 12.0. The maximum atomic E-state index is 12.0. The van der Waals surface area contributed by atoms with Gasteiger partial charge < -0.3 is 4.90 Å². The van der Waals surface area contributed by atoms with Crippen molar-refractivity contribution in [3.63, 3.8) is 0 Å². The van der Waals surface area contributed by atoms with Crippen LogP contribution in [0.4, 0.5) is 5.69 Å². The molecule has 0 spiro atoms. The van der Waals surface area contributed by atoms with Crippen LogP contribution in [0.25, 0.3) is 11.6 Å². The summed E-state index contributed by atoms with van der Waals surface area (Å²) < 4.78 is 0. The average Bonchev–Trinajstić information content (AvgIpc) is 2.54. The summed E-state index contributed by atoms with van der Waals surface area (Å²) in [5, 5.41) is 4.96. The first-order chi connectivity index (χ1) is 12.2. The Morgan fingerprint density at radius 3 is 2.46 bits per heavy atom. The van der Waals surface area contributed by atoms with Crippen molar-refractivity contribution < 1.29 is 9.59 Å². The lowest BCUT2D eigenvalue weighted by Gasteiger charge is -2.43. The number of amides is 2. The zero-order chi connectivity index (χ0) is 19.1. The Morgan fingerprint density at radius 2 is 1.85 bits per heavy atom. The van der Waals surface area contributed by atoms with E-state index in [9.17, 15) is 9.59 Å². The Kier molecular flexibility index (Phi) is 4.71. The predicted molar refractivity (Wildman–Crippen MR) is 109 cm³/mol. The van der Waals surface area contributed by atoms with Gasteiger partial charge in [0, 0.05) is 17.8 Å². The molecule has 0 aromatic heterocycles. The molecule has 26 heavy (non-hydrogen) atoms. The molecule has 0 unspecified atom stereocenters. The molecule has 2 heterocycles. The number of nitrogens with zero attached hydrogens (tertiary/aromatic N) is 1. The molecule has 2 aliphatic rings. The monoisotopic (exact) mass is 369 g/mol. The minimum Gasteiger partial charge on any atom is -0.362 e. The molecular formula is C20H23N3O2S. The fraction of sp³-hybridized carbons (Fsp3) is 0.350. The van der Waals surface area contributed by atoms with Crippen molar-refractivity contribution in [2.45, 2.75) is 39.7 Å². The first-order valence-electron chi connectivity index (χ1n) is 8.73. The molecule has 1 aromatic rings. The Morgan fingerprint density at radius 1 is 1.19 bits per heavy atom. The number of thiocarbonyl (C=S) groups is 1. The highest BCUT2D eigenvalue weighted by atomic mass is 32.1. The molecule has 6 heteroatoms. The summed E-state index contributed by atoms with van der Waals surface area (Å²) >= 11 is 4.83. The van der Waals surface area contributed by atoms with Crippen molar-refractivity contribution in [1.82, 2.24) is 10.6 Å². The van der Waals surface area contributed by atoms with Crippen LogP contribution in [0.3, 0.4) is 0 Å². The summed E-state index contributed by atoms with van der Waals surface area (Å²) in [5.41, 5.74) is 4.31. The number of nitrogens with one attached hydrogen (secondary N) is 2. The van der Waals surface area contributed by atoms with Crippen LogP contribution in [0, 0.1) is 0 Å². The smallest absolute Gasteiger partial charge is 0.263 e. The third-order valence-electron chi connectivity index (χ3n) is 4.70. The van der Waals surface area contributed by atoms with Crippen LogP contribution >= 0.6 is 12.2 Å². The van der Waals surface area contributed by atoms with Crippen LogP contribution in [0.2, 0.25) is 0 Å². The number of hydrogen-bond acceptors (Lipinski definition) is 4. The van der Waals surface area contributed by atoms with Crippen molar-refractivity contribution in [3.05, 3.63) is 41.0 Å². The molecule has 0 aliphatic carbocycles. The van der Waals surface area contributed by atoms with E-state index in [0.717, 1.165) is 24.1 Å². The Hall–Kier alpha value is -2.47. The molecule has 0 radical (unpaired) electrons. The third-order valence-corrected chi connectivity index (χ3v) is 4.91.